The van der Waals surface area contributed by atoms with Crippen LogP contribution in [0.3, 0.4) is 0 Å². The maximum Gasteiger partial charge on any atom is 0.224 e. The largest absolute Gasteiger partial charge is 0.459 e. The molecule has 4 heteroatoms. The number of benzene rings is 1. The zero-order chi connectivity index (χ0) is 14.9. The van der Waals surface area contributed by atoms with E-state index in [4.69, 9.17) is 10.2 Å². The fraction of sp³-hybridized carbons (Fsp3) is 0.438. The van der Waals surface area contributed by atoms with Crippen molar-refractivity contribution in [3.63, 3.8) is 0 Å². The van der Waals surface area contributed by atoms with E-state index in [0.717, 1.165) is 22.3 Å². The quantitative estimate of drug-likeness (QED) is 0.900. The highest BCUT2D eigenvalue weighted by Crippen LogP contribution is 2.29. The number of carbonyl (C=O) groups is 1. The van der Waals surface area contributed by atoms with Crippen LogP contribution in [0.1, 0.15) is 38.1 Å². The van der Waals surface area contributed by atoms with Crippen molar-refractivity contribution in [3.8, 4) is 0 Å². The van der Waals surface area contributed by atoms with Crippen LogP contribution in [0.4, 0.5) is 0 Å². The van der Waals surface area contributed by atoms with E-state index < -0.39 is 0 Å². The summed E-state index contributed by atoms with van der Waals surface area (Å²) < 4.78 is 5.86. The highest BCUT2D eigenvalue weighted by molar-refractivity contribution is 5.83. The molecular weight excluding hydrogens is 252 g/mol. The van der Waals surface area contributed by atoms with Crippen molar-refractivity contribution in [1.82, 2.24) is 5.32 Å². The molecule has 0 fully saturated rings. The standard InChI is InChI=1S/C16H22N2O2/c1-9(11(3)17)16(19)18-12(4)15-10(2)13-7-5-6-8-14(13)20-15/h5-9,11-12H,17H2,1-4H3,(H,18,19). The number of rotatable bonds is 4. The van der Waals surface area contributed by atoms with Gasteiger partial charge in [0.05, 0.1) is 6.04 Å². The Morgan fingerprint density at radius 3 is 2.50 bits per heavy atom. The molecule has 0 aliphatic rings. The van der Waals surface area contributed by atoms with Crippen molar-refractivity contribution in [2.24, 2.45) is 11.7 Å². The molecule has 1 aromatic carbocycles. The summed E-state index contributed by atoms with van der Waals surface area (Å²) in [7, 11) is 0. The first-order valence-corrected chi connectivity index (χ1v) is 6.95. The number of hydrogen-bond donors (Lipinski definition) is 2. The second kappa shape index (κ2) is 5.67. The molecule has 108 valence electrons. The van der Waals surface area contributed by atoms with Crippen LogP contribution in [0.5, 0.6) is 0 Å². The molecule has 3 unspecified atom stereocenters. The van der Waals surface area contributed by atoms with Gasteiger partial charge in [-0.3, -0.25) is 4.79 Å². The van der Waals surface area contributed by atoms with Crippen molar-refractivity contribution in [3.05, 3.63) is 35.6 Å². The topological polar surface area (TPSA) is 68.3 Å². The van der Waals surface area contributed by atoms with Crippen LogP contribution >= 0.6 is 0 Å². The third-order valence-corrected chi connectivity index (χ3v) is 3.83. The molecule has 0 saturated heterocycles. The SMILES string of the molecule is Cc1c(C(C)NC(=O)C(C)C(C)N)oc2ccccc12. The number of nitrogens with one attached hydrogen (secondary N) is 1. The van der Waals surface area contributed by atoms with Crippen LogP contribution in [-0.4, -0.2) is 11.9 Å². The Morgan fingerprint density at radius 2 is 1.90 bits per heavy atom. The van der Waals surface area contributed by atoms with Crippen LogP contribution in [0.25, 0.3) is 11.0 Å². The number of carbonyl (C=O) groups excluding carboxylic acids is 1. The van der Waals surface area contributed by atoms with Crippen molar-refractivity contribution >= 4 is 16.9 Å². The van der Waals surface area contributed by atoms with Gasteiger partial charge in [0.1, 0.15) is 11.3 Å². The van der Waals surface area contributed by atoms with Gasteiger partial charge in [-0.2, -0.15) is 0 Å². The highest BCUT2D eigenvalue weighted by Gasteiger charge is 2.22. The maximum atomic E-state index is 12.1. The third-order valence-electron chi connectivity index (χ3n) is 3.83. The van der Waals surface area contributed by atoms with Gasteiger partial charge in [0.25, 0.3) is 0 Å². The molecule has 0 aliphatic carbocycles. The molecule has 20 heavy (non-hydrogen) atoms. The first-order valence-electron chi connectivity index (χ1n) is 6.95. The Hall–Kier alpha value is -1.81. The number of amides is 1. The van der Waals surface area contributed by atoms with Gasteiger partial charge >= 0.3 is 0 Å². The van der Waals surface area contributed by atoms with E-state index in [1.54, 1.807) is 0 Å². The average Bonchev–Trinajstić information content (AvgIpc) is 2.75. The summed E-state index contributed by atoms with van der Waals surface area (Å²) in [5.74, 6) is 0.533. The normalized spacial score (nSPS) is 15.8. The fourth-order valence-electron chi connectivity index (χ4n) is 2.26. The Bertz CT molecular complexity index is 616. The van der Waals surface area contributed by atoms with Gasteiger partial charge in [-0.1, -0.05) is 25.1 Å². The van der Waals surface area contributed by atoms with Crippen LogP contribution in [0.2, 0.25) is 0 Å². The number of fused-ring (bicyclic) bond motifs is 1. The Kier molecular flexibility index (Phi) is 4.14. The minimum atomic E-state index is -0.220. The van der Waals surface area contributed by atoms with Crippen LogP contribution in [0, 0.1) is 12.8 Å². The van der Waals surface area contributed by atoms with Crippen LogP contribution in [0.15, 0.2) is 28.7 Å². The van der Waals surface area contributed by atoms with Crippen LogP contribution < -0.4 is 11.1 Å². The predicted octanol–water partition coefficient (Wildman–Crippen LogP) is 2.90. The lowest BCUT2D eigenvalue weighted by molar-refractivity contribution is -0.125. The van der Waals surface area contributed by atoms with E-state index in [9.17, 15) is 4.79 Å². The smallest absolute Gasteiger partial charge is 0.224 e. The lowest BCUT2D eigenvalue weighted by atomic mass is 10.0. The summed E-state index contributed by atoms with van der Waals surface area (Å²) in [5, 5.41) is 4.05. The van der Waals surface area contributed by atoms with Gasteiger partial charge in [-0.25, -0.2) is 0 Å². The van der Waals surface area contributed by atoms with Gasteiger partial charge in [0.15, 0.2) is 0 Å². The minimum absolute atomic E-state index is 0.0487. The molecule has 0 saturated carbocycles. The lowest BCUT2D eigenvalue weighted by Gasteiger charge is -2.19. The van der Waals surface area contributed by atoms with Crippen molar-refractivity contribution in [2.45, 2.75) is 39.8 Å². The van der Waals surface area contributed by atoms with Crippen molar-refractivity contribution < 1.29 is 9.21 Å². The second-order valence-electron chi connectivity index (χ2n) is 5.47. The van der Waals surface area contributed by atoms with Gasteiger partial charge < -0.3 is 15.5 Å². The summed E-state index contributed by atoms with van der Waals surface area (Å²) >= 11 is 0. The summed E-state index contributed by atoms with van der Waals surface area (Å²) in [6.07, 6.45) is 0. The first kappa shape index (κ1) is 14.6. The van der Waals surface area contributed by atoms with Gasteiger partial charge in [0, 0.05) is 22.9 Å². The lowest BCUT2D eigenvalue weighted by Crippen LogP contribution is -2.39. The summed E-state index contributed by atoms with van der Waals surface area (Å²) in [6.45, 7) is 7.61. The number of furan rings is 1. The number of aryl methyl sites for hydroxylation is 1. The maximum absolute atomic E-state index is 12.1. The molecule has 0 radical (unpaired) electrons. The minimum Gasteiger partial charge on any atom is -0.459 e. The van der Waals surface area contributed by atoms with E-state index in [-0.39, 0.29) is 23.9 Å². The third kappa shape index (κ3) is 2.70. The summed E-state index contributed by atoms with van der Waals surface area (Å²) in [5.41, 5.74) is 7.68. The number of para-hydroxylation sites is 1. The average molecular weight is 274 g/mol. The van der Waals surface area contributed by atoms with Gasteiger partial charge in [0.2, 0.25) is 5.91 Å². The molecule has 4 nitrogen and oxygen atoms in total. The van der Waals surface area contributed by atoms with E-state index in [0.29, 0.717) is 0 Å². The van der Waals surface area contributed by atoms with E-state index in [2.05, 4.69) is 5.32 Å². The predicted molar refractivity (Wildman–Crippen MR) is 80.3 cm³/mol. The van der Waals surface area contributed by atoms with Crippen molar-refractivity contribution in [1.29, 1.82) is 0 Å². The number of hydrogen-bond acceptors (Lipinski definition) is 3. The molecular formula is C16H22N2O2. The molecule has 1 aromatic heterocycles. The van der Waals surface area contributed by atoms with E-state index >= 15 is 0 Å². The Labute approximate surface area is 119 Å². The Balaban J connectivity index is 2.21. The first-order chi connectivity index (χ1) is 9.41. The molecule has 0 aliphatic heterocycles. The molecule has 0 bridgehead atoms. The molecule has 2 aromatic rings. The fourth-order valence-corrected chi connectivity index (χ4v) is 2.26. The number of nitrogens with two attached hydrogens (primary N) is 1. The van der Waals surface area contributed by atoms with E-state index in [1.165, 1.54) is 0 Å². The van der Waals surface area contributed by atoms with Crippen molar-refractivity contribution in [2.75, 3.05) is 0 Å². The van der Waals surface area contributed by atoms with Gasteiger partial charge in [-0.15, -0.1) is 0 Å². The molecule has 3 atom stereocenters. The second-order valence-corrected chi connectivity index (χ2v) is 5.47. The zero-order valence-corrected chi connectivity index (χ0v) is 12.4. The molecule has 3 N–H and O–H groups in total. The molecule has 0 spiro atoms. The zero-order valence-electron chi connectivity index (χ0n) is 12.4. The summed E-state index contributed by atoms with van der Waals surface area (Å²) in [6, 6.07) is 7.55. The molecule has 1 heterocycles. The van der Waals surface area contributed by atoms with E-state index in [1.807, 2.05) is 52.0 Å². The Morgan fingerprint density at radius 1 is 1.25 bits per heavy atom. The van der Waals surface area contributed by atoms with Gasteiger partial charge in [-0.05, 0) is 26.8 Å². The highest BCUT2D eigenvalue weighted by atomic mass is 16.3. The molecule has 2 rings (SSSR count). The van der Waals surface area contributed by atoms with Crippen LogP contribution in [-0.2, 0) is 4.79 Å². The monoisotopic (exact) mass is 274 g/mol. The summed E-state index contributed by atoms with van der Waals surface area (Å²) in [4.78, 5) is 12.1. The molecule has 1 amide bonds.